The highest BCUT2D eigenvalue weighted by Crippen LogP contribution is 2.10. The van der Waals surface area contributed by atoms with Gasteiger partial charge in [0.15, 0.2) is 0 Å². The van der Waals surface area contributed by atoms with Crippen molar-refractivity contribution >= 4 is 5.95 Å². The second-order valence-corrected chi connectivity index (χ2v) is 3.53. The number of ether oxygens (including phenoxy) is 1. The van der Waals surface area contributed by atoms with Gasteiger partial charge in [0.25, 0.3) is 0 Å². The van der Waals surface area contributed by atoms with Crippen molar-refractivity contribution < 1.29 is 4.74 Å². The Morgan fingerprint density at radius 1 is 1.60 bits per heavy atom. The molecular weight excluding hydrogens is 192 g/mol. The van der Waals surface area contributed by atoms with Crippen molar-refractivity contribution in [2.45, 2.75) is 19.4 Å². The van der Waals surface area contributed by atoms with Crippen LogP contribution in [0, 0.1) is 18.3 Å². The lowest BCUT2D eigenvalue weighted by Crippen LogP contribution is -2.21. The number of hydrogen-bond donors (Lipinski definition) is 1. The molecule has 1 unspecified atom stereocenters. The van der Waals surface area contributed by atoms with Crippen LogP contribution < -0.4 is 5.32 Å². The lowest BCUT2D eigenvalue weighted by molar-refractivity contribution is 0.195. The molecule has 15 heavy (non-hydrogen) atoms. The van der Waals surface area contributed by atoms with Crippen molar-refractivity contribution in [1.82, 2.24) is 9.97 Å². The fourth-order valence-electron chi connectivity index (χ4n) is 1.52. The van der Waals surface area contributed by atoms with Gasteiger partial charge >= 0.3 is 0 Å². The molecule has 1 saturated heterocycles. The van der Waals surface area contributed by atoms with Gasteiger partial charge in [-0.15, -0.1) is 0 Å². The average molecular weight is 204 g/mol. The molecule has 0 aliphatic carbocycles. The van der Waals surface area contributed by atoms with Gasteiger partial charge in [0.2, 0.25) is 5.95 Å². The number of nitrogens with one attached hydrogen (secondary N) is 1. The van der Waals surface area contributed by atoms with Crippen LogP contribution in [0.5, 0.6) is 0 Å². The minimum Gasteiger partial charge on any atom is -0.379 e. The molecule has 1 aliphatic heterocycles. The number of rotatable bonds is 2. The molecule has 0 bridgehead atoms. The van der Waals surface area contributed by atoms with Crippen molar-refractivity contribution in [3.8, 4) is 6.07 Å². The molecule has 2 heterocycles. The van der Waals surface area contributed by atoms with E-state index in [4.69, 9.17) is 10.00 Å². The van der Waals surface area contributed by atoms with Crippen LogP contribution in [0.3, 0.4) is 0 Å². The van der Waals surface area contributed by atoms with Crippen LogP contribution in [0.15, 0.2) is 6.07 Å². The largest absolute Gasteiger partial charge is 0.379 e. The van der Waals surface area contributed by atoms with Gasteiger partial charge in [0, 0.05) is 12.3 Å². The number of hydrogen-bond acceptors (Lipinski definition) is 5. The molecule has 1 N–H and O–H groups in total. The Bertz CT molecular complexity index is 393. The summed E-state index contributed by atoms with van der Waals surface area (Å²) >= 11 is 0. The maximum atomic E-state index is 8.75. The van der Waals surface area contributed by atoms with E-state index < -0.39 is 0 Å². The van der Waals surface area contributed by atoms with Crippen LogP contribution in [0.1, 0.15) is 17.8 Å². The molecule has 78 valence electrons. The number of aromatic nitrogens is 2. The first kappa shape index (κ1) is 9.87. The van der Waals surface area contributed by atoms with E-state index in [1.165, 1.54) is 0 Å². The van der Waals surface area contributed by atoms with Crippen LogP contribution in [0.2, 0.25) is 0 Å². The maximum Gasteiger partial charge on any atom is 0.224 e. The van der Waals surface area contributed by atoms with Gasteiger partial charge in [-0.2, -0.15) is 5.26 Å². The van der Waals surface area contributed by atoms with E-state index in [1.807, 2.05) is 13.0 Å². The van der Waals surface area contributed by atoms with Gasteiger partial charge < -0.3 is 10.1 Å². The van der Waals surface area contributed by atoms with E-state index in [-0.39, 0.29) is 6.04 Å². The van der Waals surface area contributed by atoms with E-state index in [2.05, 4.69) is 15.3 Å². The Kier molecular flexibility index (Phi) is 2.79. The molecule has 1 aromatic heterocycles. The number of nitrogens with zero attached hydrogens (tertiary/aromatic N) is 3. The summed E-state index contributed by atoms with van der Waals surface area (Å²) in [6.45, 7) is 3.30. The van der Waals surface area contributed by atoms with E-state index in [0.29, 0.717) is 18.2 Å². The molecule has 5 heteroatoms. The molecule has 0 amide bonds. The lowest BCUT2D eigenvalue weighted by Gasteiger charge is -2.10. The van der Waals surface area contributed by atoms with Crippen LogP contribution in [-0.4, -0.2) is 29.2 Å². The van der Waals surface area contributed by atoms with Crippen LogP contribution in [-0.2, 0) is 4.74 Å². The second kappa shape index (κ2) is 4.24. The highest BCUT2D eigenvalue weighted by atomic mass is 16.5. The summed E-state index contributed by atoms with van der Waals surface area (Å²) in [4.78, 5) is 8.29. The van der Waals surface area contributed by atoms with Gasteiger partial charge in [0.05, 0.1) is 12.6 Å². The summed E-state index contributed by atoms with van der Waals surface area (Å²) in [5, 5.41) is 11.9. The summed E-state index contributed by atoms with van der Waals surface area (Å²) < 4.78 is 5.23. The third-order valence-electron chi connectivity index (χ3n) is 2.23. The fourth-order valence-corrected chi connectivity index (χ4v) is 1.52. The zero-order chi connectivity index (χ0) is 10.7. The average Bonchev–Trinajstić information content (AvgIpc) is 2.69. The number of anilines is 1. The van der Waals surface area contributed by atoms with Crippen LogP contribution in [0.4, 0.5) is 5.95 Å². The van der Waals surface area contributed by atoms with Gasteiger partial charge in [-0.3, -0.25) is 0 Å². The third kappa shape index (κ3) is 2.42. The van der Waals surface area contributed by atoms with Crippen molar-refractivity contribution in [2.24, 2.45) is 0 Å². The van der Waals surface area contributed by atoms with E-state index >= 15 is 0 Å². The SMILES string of the molecule is Cc1cc(C#N)nc(NC2CCOC2)n1. The quantitative estimate of drug-likeness (QED) is 0.773. The summed E-state index contributed by atoms with van der Waals surface area (Å²) in [5.74, 6) is 0.516. The van der Waals surface area contributed by atoms with E-state index in [1.54, 1.807) is 6.07 Å². The zero-order valence-electron chi connectivity index (χ0n) is 8.53. The smallest absolute Gasteiger partial charge is 0.224 e. The highest BCUT2D eigenvalue weighted by Gasteiger charge is 2.16. The minimum absolute atomic E-state index is 0.262. The van der Waals surface area contributed by atoms with E-state index in [9.17, 15) is 0 Å². The van der Waals surface area contributed by atoms with Gasteiger partial charge in [0.1, 0.15) is 11.8 Å². The minimum atomic E-state index is 0.262. The number of aryl methyl sites for hydroxylation is 1. The standard InChI is InChI=1S/C10H12N4O/c1-7-4-9(5-11)14-10(12-7)13-8-2-3-15-6-8/h4,8H,2-3,6H2,1H3,(H,12,13,14). The Labute approximate surface area is 88.1 Å². The summed E-state index contributed by atoms with van der Waals surface area (Å²) in [5.41, 5.74) is 1.19. The molecule has 1 atom stereocenters. The Morgan fingerprint density at radius 3 is 3.13 bits per heavy atom. The molecule has 2 rings (SSSR count). The van der Waals surface area contributed by atoms with Crippen LogP contribution >= 0.6 is 0 Å². The van der Waals surface area contributed by atoms with Gasteiger partial charge in [-0.1, -0.05) is 0 Å². The lowest BCUT2D eigenvalue weighted by atomic mass is 10.3. The summed E-state index contributed by atoms with van der Waals surface area (Å²) in [6.07, 6.45) is 0.958. The third-order valence-corrected chi connectivity index (χ3v) is 2.23. The fraction of sp³-hybridized carbons (Fsp3) is 0.500. The van der Waals surface area contributed by atoms with Crippen molar-refractivity contribution in [1.29, 1.82) is 5.26 Å². The molecule has 1 fully saturated rings. The highest BCUT2D eigenvalue weighted by molar-refractivity contribution is 5.33. The zero-order valence-corrected chi connectivity index (χ0v) is 8.53. The first-order valence-electron chi connectivity index (χ1n) is 4.88. The first-order valence-corrected chi connectivity index (χ1v) is 4.88. The van der Waals surface area contributed by atoms with Crippen LogP contribution in [0.25, 0.3) is 0 Å². The Morgan fingerprint density at radius 2 is 2.47 bits per heavy atom. The van der Waals surface area contributed by atoms with Crippen molar-refractivity contribution in [3.63, 3.8) is 0 Å². The second-order valence-electron chi connectivity index (χ2n) is 3.53. The summed E-state index contributed by atoms with van der Waals surface area (Å²) in [7, 11) is 0. The van der Waals surface area contributed by atoms with Crippen molar-refractivity contribution in [2.75, 3.05) is 18.5 Å². The van der Waals surface area contributed by atoms with Gasteiger partial charge in [-0.05, 0) is 19.4 Å². The normalized spacial score (nSPS) is 19.9. The number of nitriles is 1. The predicted molar refractivity (Wildman–Crippen MR) is 54.3 cm³/mol. The molecule has 5 nitrogen and oxygen atoms in total. The maximum absolute atomic E-state index is 8.75. The first-order chi connectivity index (χ1) is 7.28. The monoisotopic (exact) mass is 204 g/mol. The Balaban J connectivity index is 2.13. The molecule has 0 aromatic carbocycles. The topological polar surface area (TPSA) is 70.8 Å². The van der Waals surface area contributed by atoms with Crippen molar-refractivity contribution in [3.05, 3.63) is 17.5 Å². The molecule has 0 spiro atoms. The van der Waals surface area contributed by atoms with Gasteiger partial charge in [-0.25, -0.2) is 9.97 Å². The Hall–Kier alpha value is -1.67. The predicted octanol–water partition coefficient (Wildman–Crippen LogP) is 0.857. The van der Waals surface area contributed by atoms with E-state index in [0.717, 1.165) is 18.7 Å². The summed E-state index contributed by atoms with van der Waals surface area (Å²) in [6, 6.07) is 3.94. The molecular formula is C10H12N4O. The molecule has 0 radical (unpaired) electrons. The molecule has 1 aromatic rings. The molecule has 1 aliphatic rings. The molecule has 0 saturated carbocycles.